The molecule has 71 valence electrons. The van der Waals surface area contributed by atoms with E-state index in [0.717, 1.165) is 25.4 Å². The Morgan fingerprint density at radius 1 is 1.62 bits per heavy atom. The number of hydrogen-bond donors (Lipinski definition) is 1. The molecule has 0 atom stereocenters. The maximum atomic E-state index is 3.94. The van der Waals surface area contributed by atoms with Gasteiger partial charge in [-0.3, -0.25) is 10.00 Å². The van der Waals surface area contributed by atoms with E-state index in [1.165, 1.54) is 17.8 Å². The van der Waals surface area contributed by atoms with Crippen LogP contribution < -0.4 is 0 Å². The molecule has 13 heavy (non-hydrogen) atoms. The van der Waals surface area contributed by atoms with Crippen molar-refractivity contribution in [2.75, 3.05) is 13.1 Å². The van der Waals surface area contributed by atoms with Crippen LogP contribution in [-0.4, -0.2) is 28.2 Å². The van der Waals surface area contributed by atoms with E-state index < -0.39 is 0 Å². The summed E-state index contributed by atoms with van der Waals surface area (Å²) in [7, 11) is 0. The molecule has 0 aromatic carbocycles. The maximum absolute atomic E-state index is 3.94. The number of H-pyrrole nitrogens is 1. The first-order valence-corrected chi connectivity index (χ1v) is 4.92. The molecule has 3 nitrogen and oxygen atoms in total. The van der Waals surface area contributed by atoms with Crippen molar-refractivity contribution in [1.82, 2.24) is 15.1 Å². The second-order valence-electron chi connectivity index (χ2n) is 4.17. The molecule has 2 rings (SSSR count). The third-order valence-electron chi connectivity index (χ3n) is 2.43. The Morgan fingerprint density at radius 2 is 2.46 bits per heavy atom. The molecule has 1 aliphatic heterocycles. The number of nitrogens with zero attached hydrogens (tertiary/aromatic N) is 2. The molecule has 0 saturated carbocycles. The molecule has 0 amide bonds. The molecular formula is C10H16N3. The van der Waals surface area contributed by atoms with Gasteiger partial charge >= 0.3 is 0 Å². The third-order valence-corrected chi connectivity index (χ3v) is 2.43. The normalized spacial score (nSPS) is 17.8. The highest BCUT2D eigenvalue weighted by atomic mass is 15.2. The summed E-state index contributed by atoms with van der Waals surface area (Å²) in [4.78, 5) is 2.47. The van der Waals surface area contributed by atoms with Gasteiger partial charge in [0.05, 0.1) is 0 Å². The Kier molecular flexibility index (Phi) is 2.36. The minimum absolute atomic E-state index is 0.744. The minimum atomic E-state index is 0.744. The van der Waals surface area contributed by atoms with E-state index in [4.69, 9.17) is 0 Å². The largest absolute Gasteiger partial charge is 0.298 e. The number of nitrogens with one attached hydrogen (secondary N) is 1. The monoisotopic (exact) mass is 178 g/mol. The van der Waals surface area contributed by atoms with Crippen LogP contribution in [0.1, 0.15) is 25.1 Å². The number of aromatic nitrogens is 2. The standard InChI is InChI=1S/C10H16N3/c1-8(2)6-13-4-3-10-9(7-13)5-11-12-10/h8H,3-4,6-7H2,1-2H3,(H,11,12). The van der Waals surface area contributed by atoms with E-state index in [1.54, 1.807) is 0 Å². The van der Waals surface area contributed by atoms with Crippen LogP contribution in [0.3, 0.4) is 0 Å². The molecule has 0 aliphatic carbocycles. The minimum Gasteiger partial charge on any atom is -0.298 e. The number of aromatic amines is 1. The highest BCUT2D eigenvalue weighted by Gasteiger charge is 2.18. The second-order valence-corrected chi connectivity index (χ2v) is 4.17. The molecule has 2 heterocycles. The van der Waals surface area contributed by atoms with Gasteiger partial charge in [-0.15, -0.1) is 0 Å². The van der Waals surface area contributed by atoms with Gasteiger partial charge in [0, 0.05) is 37.3 Å². The van der Waals surface area contributed by atoms with Gasteiger partial charge in [0.1, 0.15) is 6.20 Å². The molecular weight excluding hydrogens is 162 g/mol. The van der Waals surface area contributed by atoms with Crippen LogP contribution >= 0.6 is 0 Å². The van der Waals surface area contributed by atoms with Crippen molar-refractivity contribution in [3.05, 3.63) is 17.5 Å². The molecule has 1 radical (unpaired) electrons. The smallest absolute Gasteiger partial charge is 0.117 e. The van der Waals surface area contributed by atoms with E-state index in [2.05, 4.69) is 35.1 Å². The van der Waals surface area contributed by atoms with Gasteiger partial charge in [-0.2, -0.15) is 5.10 Å². The first kappa shape index (κ1) is 8.75. The van der Waals surface area contributed by atoms with Crippen LogP contribution in [0.4, 0.5) is 0 Å². The van der Waals surface area contributed by atoms with Crippen LogP contribution in [0.25, 0.3) is 0 Å². The fourth-order valence-electron chi connectivity index (χ4n) is 1.88. The average Bonchev–Trinajstić information content (AvgIpc) is 2.49. The van der Waals surface area contributed by atoms with Gasteiger partial charge in [0.25, 0.3) is 0 Å². The van der Waals surface area contributed by atoms with Crippen molar-refractivity contribution in [2.45, 2.75) is 26.8 Å². The van der Waals surface area contributed by atoms with E-state index in [1.807, 2.05) is 0 Å². The lowest BCUT2D eigenvalue weighted by Crippen LogP contribution is -2.33. The Hall–Kier alpha value is -0.830. The number of fused-ring (bicyclic) bond motifs is 1. The summed E-state index contributed by atoms with van der Waals surface area (Å²) in [5, 5.41) is 6.94. The third kappa shape index (κ3) is 1.91. The summed E-state index contributed by atoms with van der Waals surface area (Å²) in [6.07, 6.45) is 4.11. The van der Waals surface area contributed by atoms with E-state index in [-0.39, 0.29) is 0 Å². The Bertz CT molecular complexity index is 277. The highest BCUT2D eigenvalue weighted by Crippen LogP contribution is 2.16. The summed E-state index contributed by atoms with van der Waals surface area (Å²) in [5.41, 5.74) is 2.53. The van der Waals surface area contributed by atoms with Crippen LogP contribution in [-0.2, 0) is 13.0 Å². The van der Waals surface area contributed by atoms with Crippen LogP contribution in [0.5, 0.6) is 0 Å². The van der Waals surface area contributed by atoms with E-state index >= 15 is 0 Å². The summed E-state index contributed by atoms with van der Waals surface area (Å²) < 4.78 is 0. The SMILES string of the molecule is CC(C)CN1CCc2[nH]n[c]c2C1. The van der Waals surface area contributed by atoms with Crippen LogP contribution in [0.2, 0.25) is 0 Å². The maximum Gasteiger partial charge on any atom is 0.117 e. The lowest BCUT2D eigenvalue weighted by Gasteiger charge is -2.27. The summed E-state index contributed by atoms with van der Waals surface area (Å²) >= 11 is 0. The molecule has 0 saturated heterocycles. The quantitative estimate of drug-likeness (QED) is 0.738. The fourth-order valence-corrected chi connectivity index (χ4v) is 1.88. The zero-order chi connectivity index (χ0) is 9.26. The topological polar surface area (TPSA) is 31.9 Å². The van der Waals surface area contributed by atoms with Crippen molar-refractivity contribution >= 4 is 0 Å². The molecule has 1 aromatic rings. The lowest BCUT2D eigenvalue weighted by molar-refractivity contribution is 0.225. The first-order chi connectivity index (χ1) is 6.25. The molecule has 1 N–H and O–H groups in total. The van der Waals surface area contributed by atoms with Gasteiger partial charge in [0.15, 0.2) is 0 Å². The van der Waals surface area contributed by atoms with Crippen molar-refractivity contribution in [1.29, 1.82) is 0 Å². The summed E-state index contributed by atoms with van der Waals surface area (Å²) in [5.74, 6) is 0.744. The second kappa shape index (κ2) is 3.50. The molecule has 1 aliphatic rings. The van der Waals surface area contributed by atoms with E-state index in [0.29, 0.717) is 0 Å². The van der Waals surface area contributed by atoms with Gasteiger partial charge in [-0.25, -0.2) is 0 Å². The predicted molar refractivity (Wildman–Crippen MR) is 51.2 cm³/mol. The van der Waals surface area contributed by atoms with Crippen LogP contribution in [0, 0.1) is 12.1 Å². The number of hydrogen-bond acceptors (Lipinski definition) is 2. The lowest BCUT2D eigenvalue weighted by atomic mass is 10.1. The molecule has 1 aromatic heterocycles. The van der Waals surface area contributed by atoms with Gasteiger partial charge < -0.3 is 0 Å². The van der Waals surface area contributed by atoms with Crippen molar-refractivity contribution < 1.29 is 0 Å². The van der Waals surface area contributed by atoms with E-state index in [9.17, 15) is 0 Å². The fraction of sp³-hybridized carbons (Fsp3) is 0.700. The Balaban J connectivity index is 2.00. The van der Waals surface area contributed by atoms with Crippen LogP contribution in [0.15, 0.2) is 0 Å². The van der Waals surface area contributed by atoms with Gasteiger partial charge in [-0.1, -0.05) is 13.8 Å². The average molecular weight is 178 g/mol. The summed E-state index contributed by atoms with van der Waals surface area (Å²) in [6.45, 7) is 7.87. The molecule has 0 spiro atoms. The Morgan fingerprint density at radius 3 is 3.23 bits per heavy atom. The number of rotatable bonds is 2. The predicted octanol–water partition coefficient (Wildman–Crippen LogP) is 1.22. The highest BCUT2D eigenvalue weighted by molar-refractivity contribution is 5.17. The van der Waals surface area contributed by atoms with Crippen molar-refractivity contribution in [3.63, 3.8) is 0 Å². The molecule has 3 heteroatoms. The van der Waals surface area contributed by atoms with Gasteiger partial charge in [-0.05, 0) is 5.92 Å². The van der Waals surface area contributed by atoms with Gasteiger partial charge in [0.2, 0.25) is 0 Å². The van der Waals surface area contributed by atoms with Crippen molar-refractivity contribution in [2.24, 2.45) is 5.92 Å². The zero-order valence-electron chi connectivity index (χ0n) is 8.30. The zero-order valence-corrected chi connectivity index (χ0v) is 8.30. The molecule has 0 unspecified atom stereocenters. The molecule has 0 bridgehead atoms. The molecule has 0 fully saturated rings. The summed E-state index contributed by atoms with van der Waals surface area (Å²) in [6, 6.07) is 0. The Labute approximate surface area is 79.1 Å². The van der Waals surface area contributed by atoms with Crippen molar-refractivity contribution in [3.8, 4) is 0 Å². The first-order valence-electron chi connectivity index (χ1n) is 4.92.